The molecule has 2 unspecified atom stereocenters. The van der Waals surface area contributed by atoms with E-state index in [-0.39, 0.29) is 17.8 Å². The molecule has 0 saturated heterocycles. The first-order valence-corrected chi connectivity index (χ1v) is 6.55. The lowest BCUT2D eigenvalue weighted by Gasteiger charge is -2.21. The van der Waals surface area contributed by atoms with Crippen molar-refractivity contribution in [2.75, 3.05) is 24.3 Å². The van der Waals surface area contributed by atoms with E-state index < -0.39 is 11.9 Å². The lowest BCUT2D eigenvalue weighted by molar-refractivity contribution is -0.141. The fourth-order valence-electron chi connectivity index (χ4n) is 1.57. The van der Waals surface area contributed by atoms with Gasteiger partial charge >= 0.3 is 6.18 Å². The van der Waals surface area contributed by atoms with Gasteiger partial charge in [0.15, 0.2) is 5.69 Å². The van der Waals surface area contributed by atoms with Crippen molar-refractivity contribution in [2.24, 2.45) is 5.92 Å². The van der Waals surface area contributed by atoms with Crippen LogP contribution < -0.4 is 10.2 Å². The minimum atomic E-state index is -4.48. The average molecular weight is 290 g/mol. The van der Waals surface area contributed by atoms with Gasteiger partial charge in [0.2, 0.25) is 5.95 Å². The third-order valence-electron chi connectivity index (χ3n) is 3.32. The number of aromatic nitrogens is 2. The van der Waals surface area contributed by atoms with Crippen molar-refractivity contribution in [1.82, 2.24) is 9.97 Å². The summed E-state index contributed by atoms with van der Waals surface area (Å²) in [5.41, 5.74) is -0.935. The Labute approximate surface area is 117 Å². The third kappa shape index (κ3) is 4.25. The summed E-state index contributed by atoms with van der Waals surface area (Å²) in [5, 5.41) is 2.95. The second kappa shape index (κ2) is 6.28. The zero-order valence-corrected chi connectivity index (χ0v) is 12.4. The Hall–Kier alpha value is -1.53. The number of hydrogen-bond donors (Lipinski definition) is 1. The first-order chi connectivity index (χ1) is 9.15. The number of rotatable bonds is 5. The summed E-state index contributed by atoms with van der Waals surface area (Å²) >= 11 is 0. The van der Waals surface area contributed by atoms with E-state index in [1.807, 2.05) is 20.8 Å². The lowest BCUT2D eigenvalue weighted by Crippen LogP contribution is -2.26. The van der Waals surface area contributed by atoms with E-state index in [2.05, 4.69) is 15.3 Å². The molecule has 0 radical (unpaired) electrons. The predicted octanol–water partition coefficient (Wildman–Crippen LogP) is 3.41. The molecule has 0 aromatic carbocycles. The Morgan fingerprint density at radius 3 is 2.30 bits per heavy atom. The highest BCUT2D eigenvalue weighted by Gasteiger charge is 2.34. The summed E-state index contributed by atoms with van der Waals surface area (Å²) in [7, 11) is 3.29. The molecule has 0 aliphatic carbocycles. The van der Waals surface area contributed by atoms with E-state index in [9.17, 15) is 13.2 Å². The molecular weight excluding hydrogens is 269 g/mol. The van der Waals surface area contributed by atoms with Crippen molar-refractivity contribution in [3.8, 4) is 0 Å². The van der Waals surface area contributed by atoms with Gasteiger partial charge in [-0.2, -0.15) is 18.2 Å². The summed E-state index contributed by atoms with van der Waals surface area (Å²) in [6, 6.07) is 0.942. The van der Waals surface area contributed by atoms with Crippen molar-refractivity contribution in [1.29, 1.82) is 0 Å². The molecule has 0 saturated carbocycles. The summed E-state index contributed by atoms with van der Waals surface area (Å²) in [6.07, 6.45) is -3.56. The van der Waals surface area contributed by atoms with Crippen LogP contribution in [0.15, 0.2) is 6.07 Å². The molecule has 0 spiro atoms. The van der Waals surface area contributed by atoms with E-state index in [4.69, 9.17) is 0 Å². The summed E-state index contributed by atoms with van der Waals surface area (Å²) in [6.45, 7) is 5.96. The molecule has 7 heteroatoms. The molecule has 1 rings (SSSR count). The van der Waals surface area contributed by atoms with Crippen molar-refractivity contribution in [3.05, 3.63) is 11.8 Å². The van der Waals surface area contributed by atoms with Crippen molar-refractivity contribution in [3.63, 3.8) is 0 Å². The van der Waals surface area contributed by atoms with Gasteiger partial charge in [0, 0.05) is 26.2 Å². The molecule has 1 heterocycles. The van der Waals surface area contributed by atoms with Crippen LogP contribution in [-0.4, -0.2) is 30.1 Å². The first kappa shape index (κ1) is 16.5. The molecule has 0 aliphatic heterocycles. The monoisotopic (exact) mass is 290 g/mol. The quantitative estimate of drug-likeness (QED) is 0.902. The number of hydrogen-bond acceptors (Lipinski definition) is 4. The summed E-state index contributed by atoms with van der Waals surface area (Å²) in [5.74, 6) is 0.554. The van der Waals surface area contributed by atoms with Crippen LogP contribution in [0, 0.1) is 5.92 Å². The van der Waals surface area contributed by atoms with E-state index in [0.29, 0.717) is 5.92 Å². The molecule has 0 bridgehead atoms. The molecular formula is C13H21F3N4. The predicted molar refractivity (Wildman–Crippen MR) is 73.9 cm³/mol. The molecule has 4 nitrogen and oxygen atoms in total. The minimum absolute atomic E-state index is 0.00139. The van der Waals surface area contributed by atoms with Gasteiger partial charge < -0.3 is 10.2 Å². The number of nitrogens with one attached hydrogen (secondary N) is 1. The molecule has 1 N–H and O–H groups in total. The van der Waals surface area contributed by atoms with E-state index >= 15 is 0 Å². The van der Waals surface area contributed by atoms with Gasteiger partial charge in [-0.3, -0.25) is 0 Å². The van der Waals surface area contributed by atoms with Crippen molar-refractivity contribution in [2.45, 2.75) is 39.4 Å². The van der Waals surface area contributed by atoms with Gasteiger partial charge in [0.25, 0.3) is 0 Å². The molecule has 20 heavy (non-hydrogen) atoms. The van der Waals surface area contributed by atoms with Gasteiger partial charge in [-0.25, -0.2) is 4.98 Å². The number of anilines is 2. The van der Waals surface area contributed by atoms with Crippen molar-refractivity contribution >= 4 is 11.8 Å². The van der Waals surface area contributed by atoms with Crippen molar-refractivity contribution < 1.29 is 13.2 Å². The fourth-order valence-corrected chi connectivity index (χ4v) is 1.57. The van der Waals surface area contributed by atoms with Crippen LogP contribution in [0.1, 0.15) is 32.9 Å². The molecule has 0 aliphatic rings. The Bertz CT molecular complexity index is 446. The van der Waals surface area contributed by atoms with Gasteiger partial charge in [-0.15, -0.1) is 0 Å². The highest BCUT2D eigenvalue weighted by Crippen LogP contribution is 2.30. The summed E-state index contributed by atoms with van der Waals surface area (Å²) < 4.78 is 38.5. The topological polar surface area (TPSA) is 41.1 Å². The maximum Gasteiger partial charge on any atom is 0.433 e. The highest BCUT2D eigenvalue weighted by molar-refractivity contribution is 5.44. The normalized spacial score (nSPS) is 14.8. The largest absolute Gasteiger partial charge is 0.433 e. The summed E-state index contributed by atoms with van der Waals surface area (Å²) in [4.78, 5) is 9.20. The molecule has 2 atom stereocenters. The SMILES string of the molecule is CCC(C)C(C)Nc1nc(N(C)C)cc(C(F)(F)F)n1. The van der Waals surface area contributed by atoms with Crippen LogP contribution in [0.25, 0.3) is 0 Å². The van der Waals surface area contributed by atoms with E-state index in [1.54, 1.807) is 14.1 Å². The van der Waals surface area contributed by atoms with Crippen LogP contribution in [0.5, 0.6) is 0 Å². The van der Waals surface area contributed by atoms with E-state index in [1.165, 1.54) is 4.90 Å². The Kier molecular flexibility index (Phi) is 5.19. The third-order valence-corrected chi connectivity index (χ3v) is 3.32. The molecule has 1 aromatic heterocycles. The van der Waals surface area contributed by atoms with Gasteiger partial charge in [0.1, 0.15) is 5.82 Å². The molecule has 1 aromatic rings. The van der Waals surface area contributed by atoms with Crippen LogP contribution in [0.4, 0.5) is 24.9 Å². The van der Waals surface area contributed by atoms with Gasteiger partial charge in [-0.1, -0.05) is 20.3 Å². The first-order valence-electron chi connectivity index (χ1n) is 6.55. The highest BCUT2D eigenvalue weighted by atomic mass is 19.4. The second-order valence-electron chi connectivity index (χ2n) is 5.15. The maximum atomic E-state index is 12.8. The zero-order chi connectivity index (χ0) is 15.5. The standard InChI is InChI=1S/C13H21F3N4/c1-6-8(2)9(3)17-12-18-10(13(14,15)16)7-11(19-12)20(4)5/h7-9H,6H2,1-5H3,(H,17,18,19). The lowest BCUT2D eigenvalue weighted by atomic mass is 10.0. The fraction of sp³-hybridized carbons (Fsp3) is 0.692. The minimum Gasteiger partial charge on any atom is -0.363 e. The van der Waals surface area contributed by atoms with Crippen LogP contribution in [-0.2, 0) is 6.18 Å². The maximum absolute atomic E-state index is 12.8. The van der Waals surface area contributed by atoms with Crippen LogP contribution in [0.3, 0.4) is 0 Å². The second-order valence-corrected chi connectivity index (χ2v) is 5.15. The number of nitrogens with zero attached hydrogens (tertiary/aromatic N) is 3. The molecule has 114 valence electrons. The molecule has 0 amide bonds. The van der Waals surface area contributed by atoms with Gasteiger partial charge in [-0.05, 0) is 12.8 Å². The van der Waals surface area contributed by atoms with Gasteiger partial charge in [0.05, 0.1) is 0 Å². The van der Waals surface area contributed by atoms with Crippen LogP contribution in [0.2, 0.25) is 0 Å². The van der Waals surface area contributed by atoms with Crippen LogP contribution >= 0.6 is 0 Å². The average Bonchev–Trinajstić information content (AvgIpc) is 2.36. The van der Waals surface area contributed by atoms with E-state index in [0.717, 1.165) is 12.5 Å². The Balaban J connectivity index is 3.10. The smallest absolute Gasteiger partial charge is 0.363 e. The number of alkyl halides is 3. The Morgan fingerprint density at radius 1 is 1.25 bits per heavy atom. The Morgan fingerprint density at radius 2 is 1.85 bits per heavy atom. The number of halogens is 3. The molecule has 0 fully saturated rings. The zero-order valence-electron chi connectivity index (χ0n) is 12.4.